The lowest BCUT2D eigenvalue weighted by atomic mass is 10.1. The van der Waals surface area contributed by atoms with Gasteiger partial charge >= 0.3 is 0 Å². The molecule has 3 N–H and O–H groups in total. The first-order valence-electron chi connectivity index (χ1n) is 6.93. The van der Waals surface area contributed by atoms with Crippen molar-refractivity contribution in [2.45, 2.75) is 25.9 Å². The third-order valence-corrected chi connectivity index (χ3v) is 4.32. The van der Waals surface area contributed by atoms with Crippen LogP contribution in [0.4, 0.5) is 0 Å². The zero-order chi connectivity index (χ0) is 15.3. The molecule has 2 aromatic heterocycles. The minimum Gasteiger partial charge on any atom is -0.390 e. The van der Waals surface area contributed by atoms with Crippen molar-refractivity contribution in [3.05, 3.63) is 30.1 Å². The monoisotopic (exact) mass is 307 g/mol. The molecule has 5 nitrogen and oxygen atoms in total. The third kappa shape index (κ3) is 5.06. The molecule has 0 radical (unpaired) electrons. The summed E-state index contributed by atoms with van der Waals surface area (Å²) in [5.41, 5.74) is 1.10. The first-order chi connectivity index (χ1) is 9.96. The van der Waals surface area contributed by atoms with Gasteiger partial charge in [-0.15, -0.1) is 0 Å². The van der Waals surface area contributed by atoms with Crippen LogP contribution in [-0.2, 0) is 11.2 Å². The lowest BCUT2D eigenvalue weighted by Crippen LogP contribution is -2.28. The Hall–Kier alpha value is -1.53. The van der Waals surface area contributed by atoms with Gasteiger partial charge in [0.1, 0.15) is 5.65 Å². The molecule has 2 rings (SSSR count). The summed E-state index contributed by atoms with van der Waals surface area (Å²) in [5, 5.41) is 13.5. The number of nitrogens with zero attached hydrogens (tertiary/aromatic N) is 1. The number of amides is 1. The highest BCUT2D eigenvalue weighted by Gasteiger charge is 2.12. The number of aliphatic hydroxyl groups is 1. The Morgan fingerprint density at radius 1 is 1.52 bits per heavy atom. The highest BCUT2D eigenvalue weighted by molar-refractivity contribution is 7.99. The van der Waals surface area contributed by atoms with Crippen molar-refractivity contribution in [2.75, 3.05) is 18.1 Å². The molecule has 2 heterocycles. The van der Waals surface area contributed by atoms with Crippen LogP contribution in [0.5, 0.6) is 0 Å². The molecule has 0 spiro atoms. The molecule has 0 aliphatic heterocycles. The van der Waals surface area contributed by atoms with Crippen molar-refractivity contribution >= 4 is 28.7 Å². The van der Waals surface area contributed by atoms with Crippen LogP contribution < -0.4 is 5.32 Å². The van der Waals surface area contributed by atoms with Crippen LogP contribution in [-0.4, -0.2) is 44.6 Å². The van der Waals surface area contributed by atoms with E-state index in [0.29, 0.717) is 18.7 Å². The number of H-pyrrole nitrogens is 1. The molecule has 0 aliphatic rings. The van der Waals surface area contributed by atoms with Crippen molar-refractivity contribution < 1.29 is 9.90 Å². The largest absolute Gasteiger partial charge is 0.390 e. The topological polar surface area (TPSA) is 78.0 Å². The number of hydrogen-bond donors (Lipinski definition) is 3. The Morgan fingerprint density at radius 3 is 3.10 bits per heavy atom. The summed E-state index contributed by atoms with van der Waals surface area (Å²) >= 11 is 1.63. The second-order valence-electron chi connectivity index (χ2n) is 5.61. The Balaban J connectivity index is 1.75. The summed E-state index contributed by atoms with van der Waals surface area (Å²) < 4.78 is 0. The highest BCUT2D eigenvalue weighted by Crippen LogP contribution is 2.16. The molecule has 21 heavy (non-hydrogen) atoms. The van der Waals surface area contributed by atoms with E-state index >= 15 is 0 Å². The molecule has 0 aliphatic carbocycles. The molecule has 0 aromatic carbocycles. The lowest BCUT2D eigenvalue weighted by molar-refractivity contribution is -0.120. The average molecular weight is 307 g/mol. The van der Waals surface area contributed by atoms with Crippen molar-refractivity contribution in [2.24, 2.45) is 0 Å². The molecular weight excluding hydrogens is 286 g/mol. The first kappa shape index (κ1) is 15.9. The van der Waals surface area contributed by atoms with Gasteiger partial charge < -0.3 is 15.4 Å². The van der Waals surface area contributed by atoms with Gasteiger partial charge in [0.15, 0.2) is 0 Å². The second kappa shape index (κ2) is 6.95. The van der Waals surface area contributed by atoms with E-state index in [-0.39, 0.29) is 5.91 Å². The molecule has 0 saturated carbocycles. The molecule has 0 saturated heterocycles. The first-order valence-corrected chi connectivity index (χ1v) is 8.09. The summed E-state index contributed by atoms with van der Waals surface area (Å²) in [4.78, 5) is 19.2. The van der Waals surface area contributed by atoms with E-state index in [0.717, 1.165) is 22.3 Å². The smallest absolute Gasteiger partial charge is 0.224 e. The fourth-order valence-corrected chi connectivity index (χ4v) is 2.87. The maximum absolute atomic E-state index is 11.9. The predicted octanol–water partition coefficient (Wildman–Crippen LogP) is 1.73. The van der Waals surface area contributed by atoms with Crippen LogP contribution in [0.2, 0.25) is 0 Å². The number of aromatic nitrogens is 2. The third-order valence-electron chi connectivity index (χ3n) is 2.91. The number of aromatic amines is 1. The Morgan fingerprint density at radius 2 is 2.33 bits per heavy atom. The van der Waals surface area contributed by atoms with Gasteiger partial charge in [0.2, 0.25) is 5.91 Å². The Bertz CT molecular complexity index is 604. The zero-order valence-corrected chi connectivity index (χ0v) is 13.2. The molecular formula is C15H21N3O2S. The molecule has 0 atom stereocenters. The van der Waals surface area contributed by atoms with Gasteiger partial charge in [-0.3, -0.25) is 4.79 Å². The normalized spacial score (nSPS) is 11.8. The van der Waals surface area contributed by atoms with Crippen molar-refractivity contribution in [1.29, 1.82) is 0 Å². The molecule has 0 fully saturated rings. The van der Waals surface area contributed by atoms with Gasteiger partial charge in [0.05, 0.1) is 12.0 Å². The molecule has 2 aromatic rings. The van der Waals surface area contributed by atoms with E-state index in [9.17, 15) is 9.90 Å². The predicted molar refractivity (Wildman–Crippen MR) is 86.4 cm³/mol. The van der Waals surface area contributed by atoms with Crippen LogP contribution in [0.25, 0.3) is 11.0 Å². The number of nitrogens with one attached hydrogen (secondary N) is 2. The van der Waals surface area contributed by atoms with Gasteiger partial charge in [-0.1, -0.05) is 0 Å². The summed E-state index contributed by atoms with van der Waals surface area (Å²) in [6.07, 6.45) is 3.91. The number of pyridine rings is 1. The molecule has 0 unspecified atom stereocenters. The van der Waals surface area contributed by atoms with E-state index in [1.807, 2.05) is 18.3 Å². The van der Waals surface area contributed by atoms with Crippen LogP contribution >= 0.6 is 11.8 Å². The maximum Gasteiger partial charge on any atom is 0.224 e. The lowest BCUT2D eigenvalue weighted by Gasteiger charge is -2.16. The summed E-state index contributed by atoms with van der Waals surface area (Å²) in [5.74, 6) is 1.46. The van der Waals surface area contributed by atoms with Gasteiger partial charge in [-0.25, -0.2) is 4.98 Å². The number of rotatable bonds is 7. The summed E-state index contributed by atoms with van der Waals surface area (Å²) in [6.45, 7) is 4.17. The standard InChI is InChI=1S/C15H21N3O2S/c1-15(2,20)10-21-7-6-16-13(19)8-11-9-18-14-12(11)4-3-5-17-14/h3-5,9,20H,6-8,10H2,1-2H3,(H,16,19)(H,17,18). The minimum atomic E-state index is -0.661. The number of hydrogen-bond acceptors (Lipinski definition) is 4. The van der Waals surface area contributed by atoms with Crippen LogP contribution in [0.1, 0.15) is 19.4 Å². The molecule has 0 bridgehead atoms. The van der Waals surface area contributed by atoms with E-state index in [1.54, 1.807) is 31.8 Å². The maximum atomic E-state index is 11.9. The second-order valence-corrected chi connectivity index (χ2v) is 6.71. The molecule has 1 amide bonds. The van der Waals surface area contributed by atoms with E-state index < -0.39 is 5.60 Å². The number of carbonyl (C=O) groups excluding carboxylic acids is 1. The van der Waals surface area contributed by atoms with Gasteiger partial charge in [-0.05, 0) is 31.5 Å². The van der Waals surface area contributed by atoms with Gasteiger partial charge in [0, 0.05) is 35.8 Å². The minimum absolute atomic E-state index is 0.00334. The summed E-state index contributed by atoms with van der Waals surface area (Å²) in [6, 6.07) is 3.82. The van der Waals surface area contributed by atoms with Crippen molar-refractivity contribution in [1.82, 2.24) is 15.3 Å². The van der Waals surface area contributed by atoms with Crippen LogP contribution in [0.15, 0.2) is 24.5 Å². The number of carbonyl (C=O) groups is 1. The fourth-order valence-electron chi connectivity index (χ4n) is 1.98. The Labute approximate surface area is 128 Å². The van der Waals surface area contributed by atoms with Crippen LogP contribution in [0.3, 0.4) is 0 Å². The van der Waals surface area contributed by atoms with Crippen molar-refractivity contribution in [3.63, 3.8) is 0 Å². The SMILES string of the molecule is CC(C)(O)CSCCNC(=O)Cc1c[nH]c2ncccc12. The quantitative estimate of drug-likeness (QED) is 0.681. The van der Waals surface area contributed by atoms with E-state index in [4.69, 9.17) is 0 Å². The van der Waals surface area contributed by atoms with Gasteiger partial charge in [0.25, 0.3) is 0 Å². The molecule has 114 valence electrons. The average Bonchev–Trinajstić information content (AvgIpc) is 2.81. The molecule has 6 heteroatoms. The number of thioether (sulfide) groups is 1. The van der Waals surface area contributed by atoms with Crippen molar-refractivity contribution in [3.8, 4) is 0 Å². The Kier molecular flexibility index (Phi) is 5.25. The number of fused-ring (bicyclic) bond motifs is 1. The fraction of sp³-hybridized carbons (Fsp3) is 0.467. The van der Waals surface area contributed by atoms with Crippen LogP contribution in [0, 0.1) is 0 Å². The van der Waals surface area contributed by atoms with E-state index in [1.165, 1.54) is 0 Å². The summed E-state index contributed by atoms with van der Waals surface area (Å²) in [7, 11) is 0. The zero-order valence-electron chi connectivity index (χ0n) is 12.3. The highest BCUT2D eigenvalue weighted by atomic mass is 32.2. The van der Waals surface area contributed by atoms with Gasteiger partial charge in [-0.2, -0.15) is 11.8 Å². The van der Waals surface area contributed by atoms with E-state index in [2.05, 4.69) is 15.3 Å².